The van der Waals surface area contributed by atoms with Crippen molar-refractivity contribution in [2.75, 3.05) is 0 Å². The Morgan fingerprint density at radius 3 is 2.30 bits per heavy atom. The van der Waals surface area contributed by atoms with Gasteiger partial charge in [-0.05, 0) is 29.4 Å². The highest BCUT2D eigenvalue weighted by molar-refractivity contribution is 5.43. The molecule has 0 unspecified atom stereocenters. The summed E-state index contributed by atoms with van der Waals surface area (Å²) in [6, 6.07) is 6.53. The molecule has 0 atom stereocenters. The molecule has 0 aliphatic carbocycles. The maximum Gasteiger partial charge on any atom is 0.108 e. The third-order valence-electron chi connectivity index (χ3n) is 1.14. The standard InChI is InChI=1S/C8H5NO/c1-2-7-3-5-8(9-10)6-4-7/h1,3-6H. The minimum Gasteiger partial charge on any atom is -0.145 e. The Kier molecular flexibility index (Phi) is 1.81. The average molecular weight is 131 g/mol. The molecule has 1 aromatic carbocycles. The van der Waals surface area contributed by atoms with E-state index in [1.807, 2.05) is 0 Å². The number of benzene rings is 1. The molecule has 0 radical (unpaired) electrons. The molecule has 0 heterocycles. The van der Waals surface area contributed by atoms with Gasteiger partial charge >= 0.3 is 0 Å². The van der Waals surface area contributed by atoms with Gasteiger partial charge < -0.3 is 0 Å². The highest BCUT2D eigenvalue weighted by atomic mass is 16.3. The maximum atomic E-state index is 9.90. The Labute approximate surface area is 58.9 Å². The van der Waals surface area contributed by atoms with Gasteiger partial charge in [0.25, 0.3) is 0 Å². The van der Waals surface area contributed by atoms with E-state index >= 15 is 0 Å². The molecule has 0 saturated carbocycles. The molecular formula is C8H5NO. The van der Waals surface area contributed by atoms with E-state index in [9.17, 15) is 4.91 Å². The second-order valence-corrected chi connectivity index (χ2v) is 1.78. The predicted molar refractivity (Wildman–Crippen MR) is 39.8 cm³/mol. The van der Waals surface area contributed by atoms with Crippen molar-refractivity contribution in [3.8, 4) is 12.3 Å². The van der Waals surface area contributed by atoms with Crippen LogP contribution in [0.3, 0.4) is 0 Å². The van der Waals surface area contributed by atoms with Crippen LogP contribution in [-0.4, -0.2) is 0 Å². The summed E-state index contributed by atoms with van der Waals surface area (Å²) in [5, 5.41) is 2.73. The number of nitroso groups, excluding NO2 is 1. The van der Waals surface area contributed by atoms with Crippen molar-refractivity contribution in [2.24, 2.45) is 5.18 Å². The Balaban J connectivity index is 3.04. The molecule has 1 rings (SSSR count). The SMILES string of the molecule is C#Cc1ccc(N=O)cc1. The Morgan fingerprint density at radius 2 is 1.90 bits per heavy atom. The zero-order valence-corrected chi connectivity index (χ0v) is 5.24. The quantitative estimate of drug-likeness (QED) is 0.423. The van der Waals surface area contributed by atoms with Gasteiger partial charge in [0.1, 0.15) is 5.69 Å². The van der Waals surface area contributed by atoms with Crippen LogP contribution in [-0.2, 0) is 0 Å². The maximum absolute atomic E-state index is 9.90. The highest BCUT2D eigenvalue weighted by Gasteiger charge is 1.88. The van der Waals surface area contributed by atoms with E-state index in [0.717, 1.165) is 5.56 Å². The summed E-state index contributed by atoms with van der Waals surface area (Å²) in [5.41, 5.74) is 1.16. The lowest BCUT2D eigenvalue weighted by Gasteiger charge is -1.87. The number of nitrogens with zero attached hydrogens (tertiary/aromatic N) is 1. The van der Waals surface area contributed by atoms with Crippen LogP contribution in [0.2, 0.25) is 0 Å². The normalized spacial score (nSPS) is 8.30. The molecule has 0 spiro atoms. The highest BCUT2D eigenvalue weighted by Crippen LogP contribution is 2.10. The van der Waals surface area contributed by atoms with Gasteiger partial charge in [-0.1, -0.05) is 5.92 Å². The van der Waals surface area contributed by atoms with Crippen LogP contribution in [0.5, 0.6) is 0 Å². The van der Waals surface area contributed by atoms with Crippen LogP contribution in [0.15, 0.2) is 29.4 Å². The molecule has 0 bridgehead atoms. The monoisotopic (exact) mass is 131 g/mol. The van der Waals surface area contributed by atoms with Crippen molar-refractivity contribution < 1.29 is 0 Å². The largest absolute Gasteiger partial charge is 0.145 e. The zero-order chi connectivity index (χ0) is 7.40. The number of terminal acetylenes is 1. The predicted octanol–water partition coefficient (Wildman–Crippen LogP) is 2.07. The smallest absolute Gasteiger partial charge is 0.108 e. The lowest BCUT2D eigenvalue weighted by atomic mass is 10.2. The third kappa shape index (κ3) is 1.20. The summed E-state index contributed by atoms with van der Waals surface area (Å²) in [6.45, 7) is 0. The lowest BCUT2D eigenvalue weighted by molar-refractivity contribution is 1.49. The van der Waals surface area contributed by atoms with Gasteiger partial charge in [0.15, 0.2) is 0 Å². The van der Waals surface area contributed by atoms with Gasteiger partial charge in [0, 0.05) is 5.56 Å². The van der Waals surface area contributed by atoms with Gasteiger partial charge in [-0.3, -0.25) is 0 Å². The molecule has 2 heteroatoms. The molecule has 0 N–H and O–H groups in total. The minimum atomic E-state index is 0.402. The van der Waals surface area contributed by atoms with Crippen LogP contribution in [0.4, 0.5) is 5.69 Å². The molecule has 48 valence electrons. The average Bonchev–Trinajstić information content (AvgIpc) is 2.05. The van der Waals surface area contributed by atoms with Gasteiger partial charge in [0.05, 0.1) is 0 Å². The lowest BCUT2D eigenvalue weighted by Crippen LogP contribution is -1.69. The Bertz CT molecular complexity index is 268. The van der Waals surface area contributed by atoms with Crippen LogP contribution >= 0.6 is 0 Å². The molecule has 0 saturated heterocycles. The number of hydrogen-bond acceptors (Lipinski definition) is 2. The van der Waals surface area contributed by atoms with E-state index < -0.39 is 0 Å². The first-order valence-corrected chi connectivity index (χ1v) is 2.77. The first-order valence-electron chi connectivity index (χ1n) is 2.77. The summed E-state index contributed by atoms with van der Waals surface area (Å²) in [7, 11) is 0. The van der Waals surface area contributed by atoms with Crippen LogP contribution in [0, 0.1) is 17.3 Å². The Hall–Kier alpha value is -1.62. The molecule has 2 nitrogen and oxygen atoms in total. The van der Waals surface area contributed by atoms with E-state index in [1.54, 1.807) is 24.3 Å². The van der Waals surface area contributed by atoms with E-state index in [4.69, 9.17) is 6.42 Å². The van der Waals surface area contributed by atoms with Gasteiger partial charge in [-0.15, -0.1) is 11.3 Å². The first-order chi connectivity index (χ1) is 4.86. The van der Waals surface area contributed by atoms with E-state index in [0.29, 0.717) is 5.69 Å². The molecule has 10 heavy (non-hydrogen) atoms. The van der Waals surface area contributed by atoms with Gasteiger partial charge in [-0.2, -0.15) is 0 Å². The van der Waals surface area contributed by atoms with Crippen LogP contribution in [0.25, 0.3) is 0 Å². The molecule has 1 aromatic rings. The molecule has 0 fully saturated rings. The summed E-state index contributed by atoms with van der Waals surface area (Å²) in [6.07, 6.45) is 5.08. The van der Waals surface area contributed by atoms with E-state index in [-0.39, 0.29) is 0 Å². The second-order valence-electron chi connectivity index (χ2n) is 1.78. The van der Waals surface area contributed by atoms with Crippen molar-refractivity contribution in [1.82, 2.24) is 0 Å². The fourth-order valence-electron chi connectivity index (χ4n) is 0.619. The number of hydrogen-bond donors (Lipinski definition) is 0. The molecule has 0 aliphatic heterocycles. The van der Waals surface area contributed by atoms with Gasteiger partial charge in [0.2, 0.25) is 0 Å². The molecule has 0 amide bonds. The number of rotatable bonds is 1. The van der Waals surface area contributed by atoms with Crippen LogP contribution < -0.4 is 0 Å². The summed E-state index contributed by atoms with van der Waals surface area (Å²) < 4.78 is 0. The summed E-state index contributed by atoms with van der Waals surface area (Å²) in [4.78, 5) is 9.90. The molecule has 0 aliphatic rings. The Morgan fingerprint density at radius 1 is 1.30 bits per heavy atom. The third-order valence-corrected chi connectivity index (χ3v) is 1.14. The molecule has 0 aromatic heterocycles. The first kappa shape index (κ1) is 6.50. The van der Waals surface area contributed by atoms with E-state index in [1.165, 1.54) is 0 Å². The van der Waals surface area contributed by atoms with Crippen molar-refractivity contribution in [3.05, 3.63) is 34.7 Å². The summed E-state index contributed by atoms with van der Waals surface area (Å²) in [5.74, 6) is 2.43. The zero-order valence-electron chi connectivity index (χ0n) is 5.24. The van der Waals surface area contributed by atoms with Crippen molar-refractivity contribution in [3.63, 3.8) is 0 Å². The van der Waals surface area contributed by atoms with Crippen LogP contribution in [0.1, 0.15) is 5.56 Å². The fourth-order valence-corrected chi connectivity index (χ4v) is 0.619. The van der Waals surface area contributed by atoms with Crippen molar-refractivity contribution >= 4 is 5.69 Å². The topological polar surface area (TPSA) is 29.4 Å². The van der Waals surface area contributed by atoms with Gasteiger partial charge in [-0.25, -0.2) is 0 Å². The minimum absolute atomic E-state index is 0.402. The van der Waals surface area contributed by atoms with E-state index in [2.05, 4.69) is 11.1 Å². The second kappa shape index (κ2) is 2.79. The molecular weight excluding hydrogens is 126 g/mol. The van der Waals surface area contributed by atoms with Crippen molar-refractivity contribution in [1.29, 1.82) is 0 Å². The fraction of sp³-hybridized carbons (Fsp3) is 0. The summed E-state index contributed by atoms with van der Waals surface area (Å²) >= 11 is 0. The van der Waals surface area contributed by atoms with Crippen molar-refractivity contribution in [2.45, 2.75) is 0 Å².